The highest BCUT2D eigenvalue weighted by molar-refractivity contribution is 7.10. The SMILES string of the molecule is CC(C)(NC(=O)NC(CCC(=O)O)Cc1ccccc1)c1cccs1. The van der Waals surface area contributed by atoms with Crippen LogP contribution in [0.5, 0.6) is 0 Å². The van der Waals surface area contributed by atoms with Gasteiger partial charge in [0.2, 0.25) is 0 Å². The van der Waals surface area contributed by atoms with Crippen LogP contribution < -0.4 is 10.6 Å². The Labute approximate surface area is 152 Å². The first-order valence-electron chi connectivity index (χ1n) is 8.25. The van der Waals surface area contributed by atoms with E-state index in [1.165, 1.54) is 0 Å². The lowest BCUT2D eigenvalue weighted by atomic mass is 10.0. The highest BCUT2D eigenvalue weighted by atomic mass is 32.1. The van der Waals surface area contributed by atoms with Gasteiger partial charge in [0.15, 0.2) is 0 Å². The second-order valence-corrected chi connectivity index (χ2v) is 7.47. The van der Waals surface area contributed by atoms with E-state index in [-0.39, 0.29) is 18.5 Å². The molecular formula is C19H24N2O3S. The van der Waals surface area contributed by atoms with Crippen LogP contribution in [0.1, 0.15) is 37.1 Å². The molecule has 3 N–H and O–H groups in total. The molecule has 0 aliphatic heterocycles. The quantitative estimate of drug-likeness (QED) is 0.671. The van der Waals surface area contributed by atoms with Crippen molar-refractivity contribution in [3.63, 3.8) is 0 Å². The molecule has 0 bridgehead atoms. The molecule has 2 rings (SSSR count). The maximum atomic E-state index is 12.4. The first kappa shape index (κ1) is 19.0. The Kier molecular flexibility index (Phi) is 6.58. The van der Waals surface area contributed by atoms with Gasteiger partial charge in [0.1, 0.15) is 0 Å². The van der Waals surface area contributed by atoms with Gasteiger partial charge in [0.25, 0.3) is 0 Å². The zero-order valence-corrected chi connectivity index (χ0v) is 15.3. The summed E-state index contributed by atoms with van der Waals surface area (Å²) in [5, 5.41) is 16.8. The molecule has 5 nitrogen and oxygen atoms in total. The van der Waals surface area contributed by atoms with Crippen molar-refractivity contribution in [2.75, 3.05) is 0 Å². The Bertz CT molecular complexity index is 684. The highest BCUT2D eigenvalue weighted by Gasteiger charge is 2.25. The van der Waals surface area contributed by atoms with E-state index in [4.69, 9.17) is 5.11 Å². The smallest absolute Gasteiger partial charge is 0.315 e. The van der Waals surface area contributed by atoms with Crippen LogP contribution in [-0.2, 0) is 16.8 Å². The summed E-state index contributed by atoms with van der Waals surface area (Å²) < 4.78 is 0. The van der Waals surface area contributed by atoms with Gasteiger partial charge in [0, 0.05) is 17.3 Å². The van der Waals surface area contributed by atoms with Crippen molar-refractivity contribution in [2.45, 2.75) is 44.7 Å². The van der Waals surface area contributed by atoms with Crippen molar-refractivity contribution in [1.82, 2.24) is 10.6 Å². The Balaban J connectivity index is 1.99. The molecule has 0 spiro atoms. The van der Waals surface area contributed by atoms with E-state index in [9.17, 15) is 9.59 Å². The van der Waals surface area contributed by atoms with Crippen LogP contribution >= 0.6 is 11.3 Å². The second-order valence-electron chi connectivity index (χ2n) is 6.52. The monoisotopic (exact) mass is 360 g/mol. The molecule has 0 fully saturated rings. The number of carboxylic acid groups (broad SMARTS) is 1. The van der Waals surface area contributed by atoms with E-state index < -0.39 is 11.5 Å². The largest absolute Gasteiger partial charge is 0.481 e. The number of hydrogen-bond acceptors (Lipinski definition) is 3. The average molecular weight is 360 g/mol. The summed E-state index contributed by atoms with van der Waals surface area (Å²) in [7, 11) is 0. The Morgan fingerprint density at radius 3 is 2.48 bits per heavy atom. The summed E-state index contributed by atoms with van der Waals surface area (Å²) in [4.78, 5) is 24.4. The summed E-state index contributed by atoms with van der Waals surface area (Å²) in [5.74, 6) is -0.862. The van der Waals surface area contributed by atoms with Gasteiger partial charge in [-0.1, -0.05) is 36.4 Å². The Morgan fingerprint density at radius 1 is 1.16 bits per heavy atom. The molecule has 0 aliphatic carbocycles. The van der Waals surface area contributed by atoms with Gasteiger partial charge in [-0.15, -0.1) is 11.3 Å². The van der Waals surface area contributed by atoms with Crippen LogP contribution in [0.2, 0.25) is 0 Å². The summed E-state index contributed by atoms with van der Waals surface area (Å²) in [6, 6.07) is 13.2. The minimum atomic E-state index is -0.862. The van der Waals surface area contributed by atoms with Crippen molar-refractivity contribution in [3.8, 4) is 0 Å². The number of amides is 2. The lowest BCUT2D eigenvalue weighted by Gasteiger charge is -2.27. The molecule has 0 saturated carbocycles. The normalized spacial score (nSPS) is 12.4. The standard InChI is InChI=1S/C19H24N2O3S/c1-19(2,16-9-6-12-25-16)21-18(24)20-15(10-11-17(22)23)13-14-7-4-3-5-8-14/h3-9,12,15H,10-11,13H2,1-2H3,(H,22,23)(H2,20,21,24). The van der Waals surface area contributed by atoms with Crippen LogP contribution in [-0.4, -0.2) is 23.1 Å². The molecule has 25 heavy (non-hydrogen) atoms. The first-order chi connectivity index (χ1) is 11.9. The van der Waals surface area contributed by atoms with Crippen molar-refractivity contribution >= 4 is 23.3 Å². The van der Waals surface area contributed by atoms with Crippen LogP contribution in [0, 0.1) is 0 Å². The van der Waals surface area contributed by atoms with Gasteiger partial charge in [-0.05, 0) is 43.7 Å². The molecule has 0 aliphatic rings. The van der Waals surface area contributed by atoms with Gasteiger partial charge >= 0.3 is 12.0 Å². The fourth-order valence-electron chi connectivity index (χ4n) is 2.62. The van der Waals surface area contributed by atoms with Crippen LogP contribution in [0.3, 0.4) is 0 Å². The molecular weight excluding hydrogens is 336 g/mol. The third kappa shape index (κ3) is 6.23. The molecule has 2 aromatic rings. The van der Waals surface area contributed by atoms with Crippen molar-refractivity contribution < 1.29 is 14.7 Å². The minimum absolute atomic E-state index is 0.0199. The number of thiophene rings is 1. The molecule has 0 radical (unpaired) electrons. The molecule has 1 unspecified atom stereocenters. The number of carbonyl (C=O) groups excluding carboxylic acids is 1. The van der Waals surface area contributed by atoms with Gasteiger partial charge in [-0.3, -0.25) is 4.79 Å². The second kappa shape index (κ2) is 8.67. The molecule has 1 atom stereocenters. The molecule has 1 aromatic carbocycles. The first-order valence-corrected chi connectivity index (χ1v) is 9.13. The Hall–Kier alpha value is -2.34. The summed E-state index contributed by atoms with van der Waals surface area (Å²) in [6.07, 6.45) is 1.00. The number of benzene rings is 1. The minimum Gasteiger partial charge on any atom is -0.481 e. The molecule has 2 amide bonds. The van der Waals surface area contributed by atoms with E-state index in [0.717, 1.165) is 10.4 Å². The molecule has 6 heteroatoms. The zero-order valence-electron chi connectivity index (χ0n) is 14.5. The van der Waals surface area contributed by atoms with E-state index in [1.807, 2.05) is 61.7 Å². The fourth-order valence-corrected chi connectivity index (χ4v) is 3.43. The van der Waals surface area contributed by atoms with E-state index in [1.54, 1.807) is 11.3 Å². The van der Waals surface area contributed by atoms with E-state index in [2.05, 4.69) is 10.6 Å². The third-order valence-electron chi connectivity index (χ3n) is 3.93. The topological polar surface area (TPSA) is 78.4 Å². The van der Waals surface area contributed by atoms with Crippen molar-refractivity contribution in [3.05, 3.63) is 58.3 Å². The maximum Gasteiger partial charge on any atom is 0.315 e. The number of carboxylic acids is 1. The lowest BCUT2D eigenvalue weighted by Crippen LogP contribution is -2.49. The summed E-state index contributed by atoms with van der Waals surface area (Å²) in [6.45, 7) is 3.89. The number of aliphatic carboxylic acids is 1. The van der Waals surface area contributed by atoms with Gasteiger partial charge in [0.05, 0.1) is 5.54 Å². The van der Waals surface area contributed by atoms with Crippen molar-refractivity contribution in [1.29, 1.82) is 0 Å². The summed E-state index contributed by atoms with van der Waals surface area (Å²) >= 11 is 1.59. The van der Waals surface area contributed by atoms with Gasteiger partial charge in [-0.25, -0.2) is 4.79 Å². The van der Waals surface area contributed by atoms with Crippen LogP contribution in [0.25, 0.3) is 0 Å². The number of carbonyl (C=O) groups is 2. The van der Waals surface area contributed by atoms with Gasteiger partial charge < -0.3 is 15.7 Å². The van der Waals surface area contributed by atoms with Crippen molar-refractivity contribution in [2.24, 2.45) is 0 Å². The highest BCUT2D eigenvalue weighted by Crippen LogP contribution is 2.24. The lowest BCUT2D eigenvalue weighted by molar-refractivity contribution is -0.137. The number of urea groups is 1. The molecule has 134 valence electrons. The van der Waals surface area contributed by atoms with Crippen LogP contribution in [0.15, 0.2) is 47.8 Å². The van der Waals surface area contributed by atoms with E-state index >= 15 is 0 Å². The molecule has 1 heterocycles. The van der Waals surface area contributed by atoms with E-state index in [0.29, 0.717) is 12.8 Å². The third-order valence-corrected chi connectivity index (χ3v) is 5.12. The maximum absolute atomic E-state index is 12.4. The Morgan fingerprint density at radius 2 is 1.88 bits per heavy atom. The average Bonchev–Trinajstić information content (AvgIpc) is 3.08. The zero-order chi connectivity index (χ0) is 18.3. The predicted molar refractivity (Wildman–Crippen MR) is 99.8 cm³/mol. The number of rotatable bonds is 8. The number of hydrogen-bond donors (Lipinski definition) is 3. The van der Waals surface area contributed by atoms with Gasteiger partial charge in [-0.2, -0.15) is 0 Å². The summed E-state index contributed by atoms with van der Waals surface area (Å²) in [5.41, 5.74) is 0.582. The number of nitrogens with one attached hydrogen (secondary N) is 2. The van der Waals surface area contributed by atoms with Crippen LogP contribution in [0.4, 0.5) is 4.79 Å². The molecule has 0 saturated heterocycles. The fraction of sp³-hybridized carbons (Fsp3) is 0.368. The predicted octanol–water partition coefficient (Wildman–Crippen LogP) is 3.76. The molecule has 1 aromatic heterocycles.